The molecule has 0 unspecified atom stereocenters. The Bertz CT molecular complexity index is 477. The fourth-order valence-electron chi connectivity index (χ4n) is 1.74. The van der Waals surface area contributed by atoms with Gasteiger partial charge in [-0.1, -0.05) is 60.7 Å². The molecule has 2 aromatic carbocycles. The summed E-state index contributed by atoms with van der Waals surface area (Å²) in [4.78, 5) is 11.6. The average Bonchev–Trinajstić information content (AvgIpc) is 2.41. The second kappa shape index (κ2) is 6.60. The zero-order valence-corrected chi connectivity index (χ0v) is 10.2. The molecule has 2 rings (SSSR count). The Balaban J connectivity index is 1.73. The number of benzene rings is 2. The number of carbonyl (C=O) groups excluding carboxylic acids is 1. The fraction of sp³-hybridized carbons (Fsp3) is 0.188. The first-order valence-electron chi connectivity index (χ1n) is 6.08. The lowest BCUT2D eigenvalue weighted by molar-refractivity contribution is -0.142. The predicted molar refractivity (Wildman–Crippen MR) is 71.3 cm³/mol. The molecule has 0 heterocycles. The Morgan fingerprint density at radius 3 is 2.00 bits per heavy atom. The minimum atomic E-state index is -0.169. The molecular formula is C16H16O2. The van der Waals surface area contributed by atoms with Gasteiger partial charge in [-0.3, -0.25) is 4.79 Å². The first-order valence-corrected chi connectivity index (χ1v) is 6.08. The lowest BCUT2D eigenvalue weighted by atomic mass is 10.1. The van der Waals surface area contributed by atoms with Crippen LogP contribution in [0.25, 0.3) is 0 Å². The van der Waals surface area contributed by atoms with E-state index in [-0.39, 0.29) is 5.97 Å². The van der Waals surface area contributed by atoms with E-state index < -0.39 is 0 Å². The normalized spacial score (nSPS) is 10.0. The van der Waals surface area contributed by atoms with Gasteiger partial charge in [-0.05, 0) is 11.1 Å². The molecule has 0 aliphatic carbocycles. The van der Waals surface area contributed by atoms with Crippen LogP contribution in [0, 0.1) is 0 Å². The first kappa shape index (κ1) is 12.4. The van der Waals surface area contributed by atoms with Gasteiger partial charge in [0.2, 0.25) is 0 Å². The van der Waals surface area contributed by atoms with Gasteiger partial charge in [-0.2, -0.15) is 0 Å². The van der Waals surface area contributed by atoms with Crippen LogP contribution >= 0.6 is 0 Å². The predicted octanol–water partition coefficient (Wildman–Crippen LogP) is 3.02. The van der Waals surface area contributed by atoms with Crippen molar-refractivity contribution >= 4 is 5.97 Å². The van der Waals surface area contributed by atoms with Crippen LogP contribution in [0.4, 0.5) is 0 Å². The number of hydrogen-bond acceptors (Lipinski definition) is 2. The van der Waals surface area contributed by atoms with Crippen LogP contribution in [0.5, 0.6) is 0 Å². The van der Waals surface area contributed by atoms with Crippen LogP contribution < -0.4 is 0 Å². The van der Waals surface area contributed by atoms with Gasteiger partial charge in [0.25, 0.3) is 0 Å². The van der Waals surface area contributed by atoms with Crippen LogP contribution in [0.3, 0.4) is 0 Å². The Morgan fingerprint density at radius 1 is 0.833 bits per heavy atom. The van der Waals surface area contributed by atoms with E-state index in [0.717, 1.165) is 12.0 Å². The Hall–Kier alpha value is -2.09. The zero-order chi connectivity index (χ0) is 12.6. The average molecular weight is 240 g/mol. The highest BCUT2D eigenvalue weighted by molar-refractivity contribution is 5.72. The molecule has 0 radical (unpaired) electrons. The molecule has 92 valence electrons. The molecule has 0 aliphatic heterocycles. The minimum Gasteiger partial charge on any atom is -0.465 e. The molecular weight excluding hydrogens is 224 g/mol. The summed E-state index contributed by atoms with van der Waals surface area (Å²) in [5, 5.41) is 0. The molecule has 2 aromatic rings. The first-order chi connectivity index (χ1) is 8.84. The van der Waals surface area contributed by atoms with E-state index in [2.05, 4.69) is 0 Å². The van der Waals surface area contributed by atoms with E-state index in [1.165, 1.54) is 5.56 Å². The van der Waals surface area contributed by atoms with Gasteiger partial charge in [0, 0.05) is 6.42 Å². The molecule has 0 amide bonds. The molecule has 0 aliphatic rings. The van der Waals surface area contributed by atoms with Crippen molar-refractivity contribution in [3.05, 3.63) is 71.8 Å². The maximum Gasteiger partial charge on any atom is 0.310 e. The van der Waals surface area contributed by atoms with Crippen LogP contribution in [-0.4, -0.2) is 12.6 Å². The standard InChI is InChI=1S/C16H16O2/c17-16(13-15-9-5-2-6-10-15)18-12-11-14-7-3-1-4-8-14/h1-10H,11-13H2. The van der Waals surface area contributed by atoms with Gasteiger partial charge in [-0.25, -0.2) is 0 Å². The van der Waals surface area contributed by atoms with Crippen molar-refractivity contribution in [3.63, 3.8) is 0 Å². The summed E-state index contributed by atoms with van der Waals surface area (Å²) < 4.78 is 5.21. The van der Waals surface area contributed by atoms with Crippen molar-refractivity contribution in [1.82, 2.24) is 0 Å². The minimum absolute atomic E-state index is 0.169. The van der Waals surface area contributed by atoms with Crippen LogP contribution in [0.1, 0.15) is 11.1 Å². The van der Waals surface area contributed by atoms with Crippen LogP contribution in [-0.2, 0) is 22.4 Å². The Labute approximate surface area is 107 Å². The second-order valence-electron chi connectivity index (χ2n) is 4.12. The van der Waals surface area contributed by atoms with Gasteiger partial charge in [0.1, 0.15) is 0 Å². The summed E-state index contributed by atoms with van der Waals surface area (Å²) in [6, 6.07) is 19.7. The van der Waals surface area contributed by atoms with Crippen molar-refractivity contribution in [1.29, 1.82) is 0 Å². The number of ether oxygens (including phenoxy) is 1. The molecule has 18 heavy (non-hydrogen) atoms. The van der Waals surface area contributed by atoms with Crippen molar-refractivity contribution < 1.29 is 9.53 Å². The highest BCUT2D eigenvalue weighted by Crippen LogP contribution is 2.03. The number of esters is 1. The SMILES string of the molecule is O=C(Cc1ccccc1)OCCc1ccccc1. The molecule has 0 atom stereocenters. The van der Waals surface area contributed by atoms with Gasteiger partial charge in [0.15, 0.2) is 0 Å². The molecule has 0 aromatic heterocycles. The zero-order valence-electron chi connectivity index (χ0n) is 10.2. The third kappa shape index (κ3) is 4.06. The van der Waals surface area contributed by atoms with E-state index in [1.807, 2.05) is 60.7 Å². The summed E-state index contributed by atoms with van der Waals surface area (Å²) in [6.07, 6.45) is 1.11. The summed E-state index contributed by atoms with van der Waals surface area (Å²) in [5.41, 5.74) is 2.17. The van der Waals surface area contributed by atoms with E-state index in [4.69, 9.17) is 4.74 Å². The van der Waals surface area contributed by atoms with Crippen molar-refractivity contribution in [2.45, 2.75) is 12.8 Å². The summed E-state index contributed by atoms with van der Waals surface area (Å²) in [7, 11) is 0. The summed E-state index contributed by atoms with van der Waals surface area (Å²) >= 11 is 0. The third-order valence-corrected chi connectivity index (χ3v) is 2.69. The Kier molecular flexibility index (Phi) is 4.53. The molecule has 2 nitrogen and oxygen atoms in total. The maximum absolute atomic E-state index is 11.6. The summed E-state index contributed by atoms with van der Waals surface area (Å²) in [5.74, 6) is -0.169. The molecule has 2 heteroatoms. The molecule has 0 bridgehead atoms. The lowest BCUT2D eigenvalue weighted by Crippen LogP contribution is -2.10. The lowest BCUT2D eigenvalue weighted by Gasteiger charge is -2.05. The maximum atomic E-state index is 11.6. The summed E-state index contributed by atoms with van der Waals surface area (Å²) in [6.45, 7) is 0.440. The molecule has 0 fully saturated rings. The second-order valence-corrected chi connectivity index (χ2v) is 4.12. The number of rotatable bonds is 5. The Morgan fingerprint density at radius 2 is 1.39 bits per heavy atom. The van der Waals surface area contributed by atoms with Crippen LogP contribution in [0.15, 0.2) is 60.7 Å². The van der Waals surface area contributed by atoms with Gasteiger partial charge >= 0.3 is 5.97 Å². The monoisotopic (exact) mass is 240 g/mol. The van der Waals surface area contributed by atoms with Crippen molar-refractivity contribution in [2.75, 3.05) is 6.61 Å². The molecule has 0 saturated carbocycles. The fourth-order valence-corrected chi connectivity index (χ4v) is 1.74. The van der Waals surface area contributed by atoms with E-state index in [1.54, 1.807) is 0 Å². The smallest absolute Gasteiger partial charge is 0.310 e. The highest BCUT2D eigenvalue weighted by atomic mass is 16.5. The topological polar surface area (TPSA) is 26.3 Å². The van der Waals surface area contributed by atoms with Crippen LogP contribution in [0.2, 0.25) is 0 Å². The number of hydrogen-bond donors (Lipinski definition) is 0. The molecule has 0 saturated heterocycles. The van der Waals surface area contributed by atoms with Gasteiger partial charge in [-0.15, -0.1) is 0 Å². The van der Waals surface area contributed by atoms with E-state index >= 15 is 0 Å². The number of carbonyl (C=O) groups is 1. The van der Waals surface area contributed by atoms with E-state index in [9.17, 15) is 4.79 Å². The van der Waals surface area contributed by atoms with Gasteiger partial charge < -0.3 is 4.74 Å². The quantitative estimate of drug-likeness (QED) is 0.751. The largest absolute Gasteiger partial charge is 0.465 e. The van der Waals surface area contributed by atoms with Crippen molar-refractivity contribution in [2.24, 2.45) is 0 Å². The molecule has 0 spiro atoms. The molecule has 0 N–H and O–H groups in total. The highest BCUT2D eigenvalue weighted by Gasteiger charge is 2.04. The third-order valence-electron chi connectivity index (χ3n) is 2.69. The van der Waals surface area contributed by atoms with Gasteiger partial charge in [0.05, 0.1) is 13.0 Å². The van der Waals surface area contributed by atoms with E-state index in [0.29, 0.717) is 13.0 Å². The van der Waals surface area contributed by atoms with Crippen molar-refractivity contribution in [3.8, 4) is 0 Å².